The minimum absolute atomic E-state index is 0.0501. The van der Waals surface area contributed by atoms with Crippen LogP contribution in [0.4, 0.5) is 0 Å². The monoisotopic (exact) mass is 481 g/mol. The Morgan fingerprint density at radius 3 is 2.58 bits per heavy atom. The molecule has 0 fully saturated rings. The van der Waals surface area contributed by atoms with Crippen molar-refractivity contribution in [1.29, 1.82) is 0 Å². The van der Waals surface area contributed by atoms with E-state index in [9.17, 15) is 19.5 Å². The first-order valence-corrected chi connectivity index (χ1v) is 11.2. The van der Waals surface area contributed by atoms with E-state index in [1.165, 1.54) is 12.3 Å². The van der Waals surface area contributed by atoms with Crippen LogP contribution in [0.3, 0.4) is 0 Å². The SMILES string of the molecule is COc1ccc(-c2coc3c4c(cc(O)c3c2=O)OC(=O)CC4c2cc3ccccc3[nH]c2=O)cc1. The molecule has 0 spiro atoms. The number of hydrogen-bond acceptors (Lipinski definition) is 7. The van der Waals surface area contributed by atoms with Gasteiger partial charge in [0.15, 0.2) is 0 Å². The second kappa shape index (κ2) is 8.13. The molecule has 2 N–H and O–H groups in total. The number of methoxy groups -OCH3 is 1. The van der Waals surface area contributed by atoms with Crippen molar-refractivity contribution in [3.05, 3.63) is 98.6 Å². The van der Waals surface area contributed by atoms with Crippen molar-refractivity contribution in [2.24, 2.45) is 0 Å². The molecular weight excluding hydrogens is 462 g/mol. The molecule has 1 aliphatic rings. The predicted molar refractivity (Wildman–Crippen MR) is 133 cm³/mol. The van der Waals surface area contributed by atoms with Crippen LogP contribution in [-0.4, -0.2) is 23.2 Å². The number of ether oxygens (including phenoxy) is 2. The molecule has 8 nitrogen and oxygen atoms in total. The maximum absolute atomic E-state index is 13.5. The van der Waals surface area contributed by atoms with Gasteiger partial charge in [-0.3, -0.25) is 14.4 Å². The normalized spacial score (nSPS) is 15.0. The molecule has 0 aliphatic carbocycles. The van der Waals surface area contributed by atoms with Crippen molar-refractivity contribution in [2.75, 3.05) is 7.11 Å². The van der Waals surface area contributed by atoms with Gasteiger partial charge in [0, 0.05) is 28.6 Å². The highest BCUT2D eigenvalue weighted by Gasteiger charge is 2.35. The van der Waals surface area contributed by atoms with E-state index in [0.29, 0.717) is 28.0 Å². The van der Waals surface area contributed by atoms with E-state index in [4.69, 9.17) is 13.9 Å². The Bertz CT molecular complexity index is 1800. The third-order valence-electron chi connectivity index (χ3n) is 6.53. The van der Waals surface area contributed by atoms with E-state index in [0.717, 1.165) is 5.39 Å². The third-order valence-corrected chi connectivity index (χ3v) is 6.53. The molecule has 1 aliphatic heterocycles. The lowest BCUT2D eigenvalue weighted by molar-refractivity contribution is -0.135. The van der Waals surface area contributed by atoms with Gasteiger partial charge in [-0.15, -0.1) is 0 Å². The highest BCUT2D eigenvalue weighted by molar-refractivity contribution is 5.94. The predicted octanol–water partition coefficient (Wildman–Crippen LogP) is 4.46. The number of carbonyl (C=O) groups is 1. The summed E-state index contributed by atoms with van der Waals surface area (Å²) >= 11 is 0. The van der Waals surface area contributed by atoms with E-state index < -0.39 is 17.3 Å². The minimum atomic E-state index is -0.743. The average molecular weight is 481 g/mol. The maximum atomic E-state index is 13.5. The van der Waals surface area contributed by atoms with Gasteiger partial charge < -0.3 is 24.0 Å². The van der Waals surface area contributed by atoms with E-state index in [1.54, 1.807) is 43.5 Å². The summed E-state index contributed by atoms with van der Waals surface area (Å²) in [5, 5.41) is 11.5. The Kier molecular flexibility index (Phi) is 4.89. The van der Waals surface area contributed by atoms with E-state index >= 15 is 0 Å². The summed E-state index contributed by atoms with van der Waals surface area (Å²) in [7, 11) is 1.55. The zero-order valence-corrected chi connectivity index (χ0v) is 19.0. The summed E-state index contributed by atoms with van der Waals surface area (Å²) in [4.78, 5) is 41.9. The highest BCUT2D eigenvalue weighted by atomic mass is 16.5. The number of aromatic hydroxyl groups is 1. The Hall–Kier alpha value is -4.85. The molecule has 0 radical (unpaired) electrons. The molecule has 1 atom stereocenters. The van der Waals surface area contributed by atoms with Gasteiger partial charge in [0.05, 0.1) is 19.1 Å². The van der Waals surface area contributed by atoms with Crippen LogP contribution in [0.5, 0.6) is 17.2 Å². The number of nitrogens with one attached hydrogen (secondary N) is 1. The van der Waals surface area contributed by atoms with Crippen LogP contribution in [-0.2, 0) is 4.79 Å². The molecule has 178 valence electrons. The number of benzene rings is 3. The highest BCUT2D eigenvalue weighted by Crippen LogP contribution is 2.45. The van der Waals surface area contributed by atoms with Gasteiger partial charge in [0.2, 0.25) is 5.43 Å². The summed E-state index contributed by atoms with van der Waals surface area (Å²) in [5.41, 5.74) is 1.43. The Morgan fingerprint density at radius 1 is 1.03 bits per heavy atom. The van der Waals surface area contributed by atoms with Crippen molar-refractivity contribution < 1.29 is 23.8 Å². The molecular formula is C28H19NO7. The van der Waals surface area contributed by atoms with Gasteiger partial charge in [-0.05, 0) is 35.2 Å². The number of phenolic OH excluding ortho intramolecular Hbond substituents is 1. The fraction of sp³-hybridized carbons (Fsp3) is 0.107. The molecule has 8 heteroatoms. The number of aromatic nitrogens is 1. The number of pyridine rings is 1. The van der Waals surface area contributed by atoms with Crippen LogP contribution in [0.15, 0.2) is 80.9 Å². The van der Waals surface area contributed by atoms with Crippen molar-refractivity contribution >= 4 is 27.8 Å². The zero-order chi connectivity index (χ0) is 25.0. The molecule has 5 aromatic rings. The Morgan fingerprint density at radius 2 is 1.81 bits per heavy atom. The van der Waals surface area contributed by atoms with Crippen molar-refractivity contribution in [3.8, 4) is 28.4 Å². The standard InChI is InChI=1S/C28H19NO7/c1-34-16-8-6-14(7-9-16)19-13-35-27-24-17(18-10-15-4-2-3-5-20(15)29-28(18)33)11-23(31)36-22(24)12-21(30)25(27)26(19)32/h2-10,12-13,17,30H,11H2,1H3,(H,29,33). The number of H-pyrrole nitrogens is 1. The van der Waals surface area contributed by atoms with Crippen LogP contribution in [0.25, 0.3) is 33.0 Å². The largest absolute Gasteiger partial charge is 0.507 e. The summed E-state index contributed by atoms with van der Waals surface area (Å²) < 4.78 is 16.5. The average Bonchev–Trinajstić information content (AvgIpc) is 2.87. The van der Waals surface area contributed by atoms with Crippen LogP contribution in [0, 0.1) is 0 Å². The molecule has 1 unspecified atom stereocenters. The van der Waals surface area contributed by atoms with Crippen LogP contribution in [0.2, 0.25) is 0 Å². The first-order valence-electron chi connectivity index (χ1n) is 11.2. The Labute approximate surface area is 203 Å². The van der Waals surface area contributed by atoms with Crippen LogP contribution < -0.4 is 20.5 Å². The summed E-state index contributed by atoms with van der Waals surface area (Å²) in [6, 6.07) is 17.1. The van der Waals surface area contributed by atoms with Gasteiger partial charge in [-0.25, -0.2) is 0 Å². The lowest BCUT2D eigenvalue weighted by atomic mass is 9.85. The van der Waals surface area contributed by atoms with Gasteiger partial charge in [-0.1, -0.05) is 30.3 Å². The molecule has 3 aromatic carbocycles. The molecule has 0 saturated carbocycles. The molecule has 2 aromatic heterocycles. The molecule has 0 amide bonds. The van der Waals surface area contributed by atoms with Gasteiger partial charge in [0.25, 0.3) is 5.56 Å². The Balaban J connectivity index is 1.60. The van der Waals surface area contributed by atoms with Gasteiger partial charge >= 0.3 is 5.97 Å². The lowest BCUT2D eigenvalue weighted by Gasteiger charge is -2.25. The number of esters is 1. The number of phenols is 1. The fourth-order valence-electron chi connectivity index (χ4n) is 4.79. The fourth-order valence-corrected chi connectivity index (χ4v) is 4.79. The molecule has 0 saturated heterocycles. The third kappa shape index (κ3) is 3.34. The molecule has 36 heavy (non-hydrogen) atoms. The van der Waals surface area contributed by atoms with Gasteiger partial charge in [0.1, 0.15) is 34.5 Å². The van der Waals surface area contributed by atoms with E-state index in [-0.39, 0.29) is 40.0 Å². The molecule has 0 bridgehead atoms. The number of hydrogen-bond donors (Lipinski definition) is 2. The molecule has 3 heterocycles. The second-order valence-corrected chi connectivity index (χ2v) is 8.59. The lowest BCUT2D eigenvalue weighted by Crippen LogP contribution is -2.26. The summed E-state index contributed by atoms with van der Waals surface area (Å²) in [6.07, 6.45) is 1.18. The second-order valence-electron chi connectivity index (χ2n) is 8.59. The topological polar surface area (TPSA) is 119 Å². The first kappa shape index (κ1) is 21.7. The number of para-hydroxylation sites is 1. The van der Waals surface area contributed by atoms with Gasteiger partial charge in [-0.2, -0.15) is 0 Å². The minimum Gasteiger partial charge on any atom is -0.507 e. The first-order chi connectivity index (χ1) is 17.4. The van der Waals surface area contributed by atoms with E-state index in [1.807, 2.05) is 18.2 Å². The molecule has 6 rings (SSSR count). The number of carbonyl (C=O) groups excluding carboxylic acids is 1. The van der Waals surface area contributed by atoms with Crippen molar-refractivity contribution in [2.45, 2.75) is 12.3 Å². The maximum Gasteiger partial charge on any atom is 0.312 e. The number of rotatable bonds is 3. The quantitative estimate of drug-likeness (QED) is 0.289. The number of fused-ring (bicyclic) bond motifs is 4. The van der Waals surface area contributed by atoms with Crippen LogP contribution in [0.1, 0.15) is 23.5 Å². The van der Waals surface area contributed by atoms with Crippen LogP contribution >= 0.6 is 0 Å². The smallest absolute Gasteiger partial charge is 0.312 e. The summed E-state index contributed by atoms with van der Waals surface area (Å²) in [6.45, 7) is 0. The van der Waals surface area contributed by atoms with Crippen molar-refractivity contribution in [3.63, 3.8) is 0 Å². The zero-order valence-electron chi connectivity index (χ0n) is 19.0. The summed E-state index contributed by atoms with van der Waals surface area (Å²) in [5.74, 6) is -1.00. The van der Waals surface area contributed by atoms with E-state index in [2.05, 4.69) is 4.98 Å². The number of aromatic amines is 1. The van der Waals surface area contributed by atoms with Crippen molar-refractivity contribution in [1.82, 2.24) is 4.98 Å².